The quantitative estimate of drug-likeness (QED) is 0.691. The molecule has 0 atom stereocenters. The summed E-state index contributed by atoms with van der Waals surface area (Å²) in [7, 11) is 0. The van der Waals surface area contributed by atoms with Crippen molar-refractivity contribution in [3.8, 4) is 0 Å². The highest BCUT2D eigenvalue weighted by atomic mass is 19.1. The summed E-state index contributed by atoms with van der Waals surface area (Å²) in [5, 5.41) is 11.7. The molecule has 0 bridgehead atoms. The molecule has 0 aromatic heterocycles. The Kier molecular flexibility index (Phi) is 4.31. The van der Waals surface area contributed by atoms with Crippen molar-refractivity contribution in [2.45, 2.75) is 20.3 Å². The summed E-state index contributed by atoms with van der Waals surface area (Å²) < 4.78 is 13.5. The predicted octanol–water partition coefficient (Wildman–Crippen LogP) is 2.56. The van der Waals surface area contributed by atoms with Crippen molar-refractivity contribution >= 4 is 17.3 Å². The summed E-state index contributed by atoms with van der Waals surface area (Å²) in [5.74, 6) is -1.19. The SMILES string of the molecule is CC(C)CCNc1cc(C(=O)O)c(N)cc1F. The largest absolute Gasteiger partial charge is 0.478 e. The number of hydrogen-bond donors (Lipinski definition) is 3. The lowest BCUT2D eigenvalue weighted by molar-refractivity contribution is 0.0698. The fourth-order valence-corrected chi connectivity index (χ4v) is 1.40. The van der Waals surface area contributed by atoms with E-state index in [2.05, 4.69) is 19.2 Å². The number of nitrogens with two attached hydrogens (primary N) is 1. The van der Waals surface area contributed by atoms with E-state index in [1.54, 1.807) is 0 Å². The van der Waals surface area contributed by atoms with Crippen LogP contribution in [0.4, 0.5) is 15.8 Å². The van der Waals surface area contributed by atoms with E-state index in [1.165, 1.54) is 6.07 Å². The van der Waals surface area contributed by atoms with E-state index in [-0.39, 0.29) is 16.9 Å². The van der Waals surface area contributed by atoms with Crippen molar-refractivity contribution in [1.29, 1.82) is 0 Å². The number of halogens is 1. The topological polar surface area (TPSA) is 75.3 Å². The van der Waals surface area contributed by atoms with Crippen LogP contribution in [0.2, 0.25) is 0 Å². The maximum absolute atomic E-state index is 13.5. The van der Waals surface area contributed by atoms with Crippen molar-refractivity contribution in [3.05, 3.63) is 23.5 Å². The first-order valence-corrected chi connectivity index (χ1v) is 5.48. The van der Waals surface area contributed by atoms with Gasteiger partial charge in [-0.15, -0.1) is 0 Å². The standard InChI is InChI=1S/C12H17FN2O2/c1-7(2)3-4-15-11-5-8(12(16)17)10(14)6-9(11)13/h5-7,15H,3-4,14H2,1-2H3,(H,16,17). The lowest BCUT2D eigenvalue weighted by Gasteiger charge is -2.11. The molecule has 0 saturated carbocycles. The van der Waals surface area contributed by atoms with Crippen molar-refractivity contribution in [2.75, 3.05) is 17.6 Å². The number of carbonyl (C=O) groups is 1. The van der Waals surface area contributed by atoms with Crippen LogP contribution in [-0.4, -0.2) is 17.6 Å². The Morgan fingerprint density at radius 2 is 2.18 bits per heavy atom. The first-order valence-electron chi connectivity index (χ1n) is 5.48. The number of nitrogen functional groups attached to an aromatic ring is 1. The molecule has 5 heteroatoms. The number of benzene rings is 1. The van der Waals surface area contributed by atoms with Crippen LogP contribution in [0.3, 0.4) is 0 Å². The fourth-order valence-electron chi connectivity index (χ4n) is 1.40. The van der Waals surface area contributed by atoms with Gasteiger partial charge in [0, 0.05) is 12.2 Å². The number of anilines is 2. The lowest BCUT2D eigenvalue weighted by atomic mass is 10.1. The monoisotopic (exact) mass is 240 g/mol. The summed E-state index contributed by atoms with van der Waals surface area (Å²) in [6, 6.07) is 2.26. The van der Waals surface area contributed by atoms with Gasteiger partial charge < -0.3 is 16.2 Å². The molecule has 0 unspecified atom stereocenters. The molecule has 0 heterocycles. The molecule has 0 spiro atoms. The molecule has 0 saturated heterocycles. The average molecular weight is 240 g/mol. The first-order chi connectivity index (χ1) is 7.91. The van der Waals surface area contributed by atoms with Crippen molar-refractivity contribution < 1.29 is 14.3 Å². The third kappa shape index (κ3) is 3.62. The average Bonchev–Trinajstić information content (AvgIpc) is 2.20. The van der Waals surface area contributed by atoms with Gasteiger partial charge in [0.05, 0.1) is 11.3 Å². The second kappa shape index (κ2) is 5.52. The number of carboxylic acids is 1. The van der Waals surface area contributed by atoms with Crippen LogP contribution in [-0.2, 0) is 0 Å². The molecule has 1 aromatic carbocycles. The second-order valence-corrected chi connectivity index (χ2v) is 4.33. The van der Waals surface area contributed by atoms with Crippen LogP contribution in [0.5, 0.6) is 0 Å². The van der Waals surface area contributed by atoms with Crippen LogP contribution in [0, 0.1) is 11.7 Å². The van der Waals surface area contributed by atoms with Crippen molar-refractivity contribution in [3.63, 3.8) is 0 Å². The molecule has 17 heavy (non-hydrogen) atoms. The third-order valence-corrected chi connectivity index (χ3v) is 2.41. The zero-order valence-electron chi connectivity index (χ0n) is 9.96. The van der Waals surface area contributed by atoms with E-state index >= 15 is 0 Å². The minimum Gasteiger partial charge on any atom is -0.478 e. The number of carboxylic acid groups (broad SMARTS) is 1. The Morgan fingerprint density at radius 3 is 2.71 bits per heavy atom. The van der Waals surface area contributed by atoms with Crippen molar-refractivity contribution in [1.82, 2.24) is 0 Å². The van der Waals surface area contributed by atoms with Crippen LogP contribution >= 0.6 is 0 Å². The van der Waals surface area contributed by atoms with Gasteiger partial charge in [0.25, 0.3) is 0 Å². The van der Waals surface area contributed by atoms with Crippen molar-refractivity contribution in [2.24, 2.45) is 5.92 Å². The molecule has 1 aromatic rings. The highest BCUT2D eigenvalue weighted by Crippen LogP contribution is 2.22. The van der Waals surface area contributed by atoms with Gasteiger partial charge in [-0.3, -0.25) is 0 Å². The van der Waals surface area contributed by atoms with Gasteiger partial charge in [-0.2, -0.15) is 0 Å². The summed E-state index contributed by atoms with van der Waals surface area (Å²) in [6.45, 7) is 4.71. The van der Waals surface area contributed by atoms with Gasteiger partial charge in [-0.25, -0.2) is 9.18 Å². The second-order valence-electron chi connectivity index (χ2n) is 4.33. The maximum Gasteiger partial charge on any atom is 0.337 e. The number of nitrogens with one attached hydrogen (secondary N) is 1. The Bertz CT molecular complexity index is 419. The van der Waals surface area contributed by atoms with Gasteiger partial charge in [0.15, 0.2) is 0 Å². The Hall–Kier alpha value is -1.78. The Labute approximate surface area is 99.6 Å². The van der Waals surface area contributed by atoms with E-state index in [0.717, 1.165) is 12.5 Å². The van der Waals surface area contributed by atoms with Gasteiger partial charge in [0.2, 0.25) is 0 Å². The molecule has 4 N–H and O–H groups in total. The van der Waals surface area contributed by atoms with Crippen LogP contribution in [0.15, 0.2) is 12.1 Å². The summed E-state index contributed by atoms with van der Waals surface area (Å²) >= 11 is 0. The number of rotatable bonds is 5. The minimum atomic E-state index is -1.16. The molecule has 94 valence electrons. The molecule has 0 aliphatic rings. The van der Waals surface area contributed by atoms with Crippen LogP contribution < -0.4 is 11.1 Å². The summed E-state index contributed by atoms with van der Waals surface area (Å²) in [5.41, 5.74) is 5.45. The van der Waals surface area contributed by atoms with Gasteiger partial charge in [-0.1, -0.05) is 13.8 Å². The zero-order valence-corrected chi connectivity index (χ0v) is 9.96. The third-order valence-electron chi connectivity index (χ3n) is 2.41. The molecule has 0 aliphatic carbocycles. The molecule has 1 rings (SSSR count). The van der Waals surface area contributed by atoms with Gasteiger partial charge in [0.1, 0.15) is 5.82 Å². The van der Waals surface area contributed by atoms with Gasteiger partial charge >= 0.3 is 5.97 Å². The summed E-state index contributed by atoms with van der Waals surface area (Å²) in [4.78, 5) is 10.8. The first kappa shape index (κ1) is 13.3. The smallest absolute Gasteiger partial charge is 0.337 e. The molecule has 0 amide bonds. The van der Waals surface area contributed by atoms with E-state index in [0.29, 0.717) is 12.5 Å². The van der Waals surface area contributed by atoms with E-state index in [4.69, 9.17) is 10.8 Å². The summed E-state index contributed by atoms with van der Waals surface area (Å²) in [6.07, 6.45) is 0.881. The molecular weight excluding hydrogens is 223 g/mol. The van der Waals surface area contributed by atoms with E-state index < -0.39 is 11.8 Å². The number of aromatic carboxylic acids is 1. The maximum atomic E-state index is 13.5. The van der Waals surface area contributed by atoms with Gasteiger partial charge in [-0.05, 0) is 24.5 Å². The molecule has 0 radical (unpaired) electrons. The molecule has 4 nitrogen and oxygen atoms in total. The van der Waals surface area contributed by atoms with Crippen LogP contribution in [0.1, 0.15) is 30.6 Å². The Balaban J connectivity index is 2.84. The Morgan fingerprint density at radius 1 is 1.53 bits per heavy atom. The molecular formula is C12H17FN2O2. The molecule has 0 aliphatic heterocycles. The van der Waals surface area contributed by atoms with E-state index in [9.17, 15) is 9.18 Å². The zero-order chi connectivity index (χ0) is 13.0. The van der Waals surface area contributed by atoms with E-state index in [1.807, 2.05) is 0 Å². The fraction of sp³-hybridized carbons (Fsp3) is 0.417. The lowest BCUT2D eigenvalue weighted by Crippen LogP contribution is -2.09. The molecule has 0 fully saturated rings. The highest BCUT2D eigenvalue weighted by Gasteiger charge is 2.12. The number of hydrogen-bond acceptors (Lipinski definition) is 3. The predicted molar refractivity (Wildman–Crippen MR) is 65.7 cm³/mol. The minimum absolute atomic E-state index is 0.0654. The normalized spacial score (nSPS) is 10.6. The van der Waals surface area contributed by atoms with Crippen LogP contribution in [0.25, 0.3) is 0 Å². The highest BCUT2D eigenvalue weighted by molar-refractivity contribution is 5.94.